The Balaban J connectivity index is 0.00000312. The largest absolute Gasteiger partial charge is 1.00 e. The molecule has 0 amide bonds. The third-order valence-electron chi connectivity index (χ3n) is 3.66. The van der Waals surface area contributed by atoms with Gasteiger partial charge >= 0.3 is 29.6 Å². The molecule has 0 heterocycles. The molecule has 7 heteroatoms. The maximum absolute atomic E-state index is 11.4. The van der Waals surface area contributed by atoms with Crippen LogP contribution in [-0.4, -0.2) is 13.0 Å². The first-order chi connectivity index (χ1) is 11.4. The van der Waals surface area contributed by atoms with E-state index in [9.17, 15) is 18.1 Å². The maximum atomic E-state index is 11.4. The third kappa shape index (κ3) is 6.99. The SMILES string of the molecule is CCCCCCc1ccc(Oc2ccc([O-])cc2S(=O)(=O)O)cc1.[Na+]. The Kier molecular flexibility index (Phi) is 8.96. The molecule has 25 heavy (non-hydrogen) atoms. The Morgan fingerprint density at radius 1 is 1.04 bits per heavy atom. The van der Waals surface area contributed by atoms with Crippen molar-refractivity contribution in [3.05, 3.63) is 48.0 Å². The second-order valence-corrected chi connectivity index (χ2v) is 7.03. The van der Waals surface area contributed by atoms with E-state index < -0.39 is 20.8 Å². The van der Waals surface area contributed by atoms with Crippen molar-refractivity contribution in [1.29, 1.82) is 0 Å². The Labute approximate surface area is 171 Å². The average Bonchev–Trinajstić information content (AvgIpc) is 2.54. The number of unbranched alkanes of at least 4 members (excludes halogenated alkanes) is 3. The number of hydrogen-bond acceptors (Lipinski definition) is 4. The number of hydrogen-bond donors (Lipinski definition) is 1. The Morgan fingerprint density at radius 3 is 2.32 bits per heavy atom. The van der Waals surface area contributed by atoms with Crippen molar-refractivity contribution in [3.63, 3.8) is 0 Å². The Bertz CT molecular complexity index is 773. The zero-order valence-electron chi connectivity index (χ0n) is 14.6. The summed E-state index contributed by atoms with van der Waals surface area (Å²) in [6, 6.07) is 10.6. The number of rotatable bonds is 8. The van der Waals surface area contributed by atoms with E-state index in [1.54, 1.807) is 12.1 Å². The van der Waals surface area contributed by atoms with E-state index in [-0.39, 0.29) is 35.3 Å². The average molecular weight is 372 g/mol. The molecule has 2 rings (SSSR count). The first-order valence-electron chi connectivity index (χ1n) is 7.95. The standard InChI is InChI=1S/C18H22O5S.Na/c1-2-3-4-5-6-14-7-10-16(11-8-14)23-17-12-9-15(19)13-18(17)24(20,21)22;/h7-13,19H,2-6H2,1H3,(H,20,21,22);/q;+1/p-1. The first kappa shape index (κ1) is 22.0. The fraction of sp³-hybridized carbons (Fsp3) is 0.333. The second-order valence-electron chi connectivity index (χ2n) is 5.64. The summed E-state index contributed by atoms with van der Waals surface area (Å²) in [5, 5.41) is 11.3. The number of aryl methyl sites for hydroxylation is 1. The van der Waals surface area contributed by atoms with Gasteiger partial charge in [-0.25, -0.2) is 0 Å². The minimum absolute atomic E-state index is 0. The van der Waals surface area contributed by atoms with Crippen LogP contribution in [0.25, 0.3) is 0 Å². The van der Waals surface area contributed by atoms with Gasteiger partial charge in [0, 0.05) is 0 Å². The molecule has 0 aliphatic carbocycles. The molecule has 0 atom stereocenters. The summed E-state index contributed by atoms with van der Waals surface area (Å²) in [6.45, 7) is 2.17. The van der Waals surface area contributed by atoms with Crippen molar-refractivity contribution in [2.75, 3.05) is 0 Å². The molecule has 2 aromatic carbocycles. The predicted octanol–water partition coefficient (Wildman–Crippen LogP) is 0.926. The second kappa shape index (κ2) is 10.2. The van der Waals surface area contributed by atoms with Gasteiger partial charge in [0.25, 0.3) is 10.1 Å². The van der Waals surface area contributed by atoms with Gasteiger partial charge in [-0.1, -0.05) is 44.4 Å². The van der Waals surface area contributed by atoms with E-state index in [1.807, 2.05) is 12.1 Å². The molecule has 5 nitrogen and oxygen atoms in total. The molecule has 1 N–H and O–H groups in total. The van der Waals surface area contributed by atoms with E-state index in [0.29, 0.717) is 5.75 Å². The van der Waals surface area contributed by atoms with E-state index in [2.05, 4.69) is 6.92 Å². The van der Waals surface area contributed by atoms with Crippen LogP contribution in [0.3, 0.4) is 0 Å². The molecule has 0 unspecified atom stereocenters. The maximum Gasteiger partial charge on any atom is 1.00 e. The Hall–Kier alpha value is -1.05. The van der Waals surface area contributed by atoms with Crippen molar-refractivity contribution in [2.24, 2.45) is 0 Å². The van der Waals surface area contributed by atoms with Crippen molar-refractivity contribution in [2.45, 2.75) is 43.9 Å². The van der Waals surface area contributed by atoms with E-state index in [1.165, 1.54) is 37.0 Å². The molecule has 0 aliphatic rings. The monoisotopic (exact) mass is 372 g/mol. The number of ether oxygens (including phenoxy) is 1. The molecule has 0 bridgehead atoms. The van der Waals surface area contributed by atoms with Gasteiger partial charge in [-0.3, -0.25) is 4.55 Å². The van der Waals surface area contributed by atoms with Gasteiger partial charge in [-0.2, -0.15) is 8.42 Å². The van der Waals surface area contributed by atoms with Crippen LogP contribution >= 0.6 is 0 Å². The normalized spacial score (nSPS) is 11.0. The molecular formula is C18H21NaO5S. The predicted molar refractivity (Wildman–Crippen MR) is 90.1 cm³/mol. The van der Waals surface area contributed by atoms with Crippen molar-refractivity contribution in [1.82, 2.24) is 0 Å². The van der Waals surface area contributed by atoms with Gasteiger partial charge in [0.15, 0.2) is 0 Å². The summed E-state index contributed by atoms with van der Waals surface area (Å²) < 4.78 is 37.4. The smallest absolute Gasteiger partial charge is 0.872 e. The van der Waals surface area contributed by atoms with E-state index in [0.717, 1.165) is 18.9 Å². The molecule has 0 aromatic heterocycles. The molecule has 130 valence electrons. The molecule has 0 aliphatic heterocycles. The minimum Gasteiger partial charge on any atom is -0.872 e. The zero-order chi connectivity index (χ0) is 17.6. The van der Waals surface area contributed by atoms with Gasteiger partial charge in [-0.05, 0) is 42.7 Å². The van der Waals surface area contributed by atoms with E-state index >= 15 is 0 Å². The fourth-order valence-corrected chi connectivity index (χ4v) is 3.01. The van der Waals surface area contributed by atoms with Crippen LogP contribution in [0.1, 0.15) is 38.2 Å². The molecule has 0 spiro atoms. The summed E-state index contributed by atoms with van der Waals surface area (Å²) in [4.78, 5) is -0.529. The fourth-order valence-electron chi connectivity index (χ4n) is 2.38. The van der Waals surface area contributed by atoms with Crippen LogP contribution in [0, 0.1) is 0 Å². The minimum atomic E-state index is -4.53. The quantitative estimate of drug-likeness (QED) is 0.423. The molecule has 0 saturated heterocycles. The van der Waals surface area contributed by atoms with Gasteiger partial charge in [0.05, 0.1) is 0 Å². The first-order valence-corrected chi connectivity index (χ1v) is 9.39. The summed E-state index contributed by atoms with van der Waals surface area (Å²) >= 11 is 0. The third-order valence-corrected chi connectivity index (χ3v) is 4.54. The summed E-state index contributed by atoms with van der Waals surface area (Å²) in [6.07, 6.45) is 5.75. The van der Waals surface area contributed by atoms with Crippen LogP contribution in [0.15, 0.2) is 47.4 Å². The van der Waals surface area contributed by atoms with Gasteiger partial charge in [-0.15, -0.1) is 5.75 Å². The van der Waals surface area contributed by atoms with Crippen LogP contribution in [0.2, 0.25) is 0 Å². The van der Waals surface area contributed by atoms with Gasteiger partial charge in [0.2, 0.25) is 0 Å². The topological polar surface area (TPSA) is 86.7 Å². The summed E-state index contributed by atoms with van der Waals surface area (Å²) in [5.41, 5.74) is 1.18. The summed E-state index contributed by atoms with van der Waals surface area (Å²) in [5.74, 6) is -0.152. The van der Waals surface area contributed by atoms with Crippen LogP contribution < -0.4 is 39.4 Å². The van der Waals surface area contributed by atoms with Crippen LogP contribution in [-0.2, 0) is 16.5 Å². The molecule has 0 fully saturated rings. The van der Waals surface area contributed by atoms with Crippen LogP contribution in [0.4, 0.5) is 0 Å². The van der Waals surface area contributed by atoms with Crippen molar-refractivity contribution >= 4 is 10.1 Å². The summed E-state index contributed by atoms with van der Waals surface area (Å²) in [7, 11) is -4.53. The van der Waals surface area contributed by atoms with E-state index in [4.69, 9.17) is 4.74 Å². The van der Waals surface area contributed by atoms with Crippen LogP contribution in [0.5, 0.6) is 17.2 Å². The van der Waals surface area contributed by atoms with Crippen molar-refractivity contribution < 1.29 is 52.4 Å². The Morgan fingerprint density at radius 2 is 1.72 bits per heavy atom. The zero-order valence-corrected chi connectivity index (χ0v) is 17.4. The van der Waals surface area contributed by atoms with Crippen molar-refractivity contribution in [3.8, 4) is 17.2 Å². The number of benzene rings is 2. The van der Waals surface area contributed by atoms with Gasteiger partial charge < -0.3 is 9.84 Å². The molecule has 2 aromatic rings. The molecule has 0 radical (unpaired) electrons. The van der Waals surface area contributed by atoms with Gasteiger partial charge in [0.1, 0.15) is 16.4 Å². The molecule has 0 saturated carbocycles. The molecular weight excluding hydrogens is 351 g/mol.